The average Bonchev–Trinajstić information content (AvgIpc) is 2.41. The van der Waals surface area contributed by atoms with Gasteiger partial charge >= 0.3 is 0 Å². The van der Waals surface area contributed by atoms with Crippen LogP contribution >= 0.6 is 15.9 Å². The van der Waals surface area contributed by atoms with Crippen molar-refractivity contribution < 1.29 is 9.53 Å². The Morgan fingerprint density at radius 1 is 1.53 bits per heavy atom. The zero-order valence-electron chi connectivity index (χ0n) is 10.8. The summed E-state index contributed by atoms with van der Waals surface area (Å²) in [6.45, 7) is 3.95. The van der Waals surface area contributed by atoms with Gasteiger partial charge in [-0.2, -0.15) is 0 Å². The molecule has 0 aromatic heterocycles. The summed E-state index contributed by atoms with van der Waals surface area (Å²) in [5, 5.41) is 5.78. The molecule has 0 saturated heterocycles. The minimum absolute atomic E-state index is 0.0488. The number of amides is 1. The number of benzene rings is 1. The molecule has 0 saturated carbocycles. The van der Waals surface area contributed by atoms with Crippen LogP contribution in [0, 0.1) is 12.3 Å². The molecule has 0 aliphatic carbocycles. The fourth-order valence-corrected chi connectivity index (χ4v) is 1.93. The Morgan fingerprint density at radius 3 is 2.95 bits per heavy atom. The Labute approximate surface area is 122 Å². The van der Waals surface area contributed by atoms with Gasteiger partial charge in [0.1, 0.15) is 5.75 Å². The topological polar surface area (TPSA) is 50.4 Å². The van der Waals surface area contributed by atoms with E-state index in [0.29, 0.717) is 5.75 Å². The third kappa shape index (κ3) is 5.77. The van der Waals surface area contributed by atoms with Crippen LogP contribution < -0.4 is 15.4 Å². The van der Waals surface area contributed by atoms with Crippen LogP contribution in [0.15, 0.2) is 22.7 Å². The first-order chi connectivity index (χ1) is 9.17. The Kier molecular flexibility index (Phi) is 7.01. The first-order valence-corrected chi connectivity index (χ1v) is 6.78. The number of carbonyl (C=O) groups excluding carboxylic acids is 1. The first kappa shape index (κ1) is 15.5. The van der Waals surface area contributed by atoms with Crippen molar-refractivity contribution in [1.29, 1.82) is 0 Å². The summed E-state index contributed by atoms with van der Waals surface area (Å²) in [7, 11) is 0. The molecular formula is C14H17BrN2O2. The fourth-order valence-electron chi connectivity index (χ4n) is 1.38. The number of terminal acetylenes is 1. The summed E-state index contributed by atoms with van der Waals surface area (Å²) in [4.78, 5) is 11.3. The van der Waals surface area contributed by atoms with E-state index in [1.807, 2.05) is 18.2 Å². The molecule has 1 aromatic carbocycles. The van der Waals surface area contributed by atoms with Gasteiger partial charge in [-0.15, -0.1) is 6.42 Å². The number of hydrogen-bond acceptors (Lipinski definition) is 3. The van der Waals surface area contributed by atoms with Crippen LogP contribution in [0.2, 0.25) is 0 Å². The van der Waals surface area contributed by atoms with Gasteiger partial charge in [0.2, 0.25) is 0 Å². The Balaban J connectivity index is 2.50. The molecule has 0 aliphatic heterocycles. The van der Waals surface area contributed by atoms with Crippen LogP contribution in [0.4, 0.5) is 0 Å². The van der Waals surface area contributed by atoms with Gasteiger partial charge in [-0.25, -0.2) is 0 Å². The van der Waals surface area contributed by atoms with Crippen LogP contribution in [0.25, 0.3) is 0 Å². The summed E-state index contributed by atoms with van der Waals surface area (Å²) in [5.41, 5.74) is 1.15. The zero-order chi connectivity index (χ0) is 14.1. The van der Waals surface area contributed by atoms with Crippen molar-refractivity contribution in [2.24, 2.45) is 0 Å². The highest BCUT2D eigenvalue weighted by Crippen LogP contribution is 2.25. The molecule has 0 aliphatic rings. The van der Waals surface area contributed by atoms with E-state index in [1.165, 1.54) is 0 Å². The Bertz CT molecular complexity index is 469. The molecule has 0 heterocycles. The molecule has 19 heavy (non-hydrogen) atoms. The van der Waals surface area contributed by atoms with Crippen molar-refractivity contribution in [3.8, 4) is 18.1 Å². The number of ether oxygens (including phenoxy) is 1. The third-order valence-electron chi connectivity index (χ3n) is 2.32. The van der Waals surface area contributed by atoms with E-state index in [0.717, 1.165) is 23.1 Å². The van der Waals surface area contributed by atoms with Gasteiger partial charge in [0.05, 0.1) is 11.0 Å². The van der Waals surface area contributed by atoms with Crippen molar-refractivity contribution in [2.45, 2.75) is 13.5 Å². The van der Waals surface area contributed by atoms with E-state index >= 15 is 0 Å². The predicted octanol–water partition coefficient (Wildman–Crippen LogP) is 1.69. The summed E-state index contributed by atoms with van der Waals surface area (Å²) in [6, 6.07) is 5.77. The minimum Gasteiger partial charge on any atom is -0.483 e. The maximum Gasteiger partial charge on any atom is 0.258 e. The van der Waals surface area contributed by atoms with Crippen molar-refractivity contribution in [2.75, 3.05) is 19.7 Å². The molecule has 1 aromatic rings. The molecule has 1 amide bonds. The maximum atomic E-state index is 11.3. The predicted molar refractivity (Wildman–Crippen MR) is 78.9 cm³/mol. The van der Waals surface area contributed by atoms with E-state index in [1.54, 1.807) is 0 Å². The van der Waals surface area contributed by atoms with E-state index in [2.05, 4.69) is 39.4 Å². The molecule has 0 bridgehead atoms. The summed E-state index contributed by atoms with van der Waals surface area (Å²) in [6.07, 6.45) is 5.05. The van der Waals surface area contributed by atoms with Crippen molar-refractivity contribution >= 4 is 21.8 Å². The summed E-state index contributed by atoms with van der Waals surface area (Å²) < 4.78 is 6.23. The van der Waals surface area contributed by atoms with E-state index in [9.17, 15) is 4.79 Å². The SMILES string of the molecule is C#CCNC(=O)COc1ccc(CNCC)cc1Br. The lowest BCUT2D eigenvalue weighted by molar-refractivity contribution is -0.122. The second kappa shape index (κ2) is 8.57. The van der Waals surface area contributed by atoms with Gasteiger partial charge in [-0.1, -0.05) is 18.9 Å². The van der Waals surface area contributed by atoms with Crippen LogP contribution in [-0.4, -0.2) is 25.6 Å². The van der Waals surface area contributed by atoms with Gasteiger partial charge in [0.15, 0.2) is 6.61 Å². The maximum absolute atomic E-state index is 11.3. The lowest BCUT2D eigenvalue weighted by Crippen LogP contribution is -2.29. The summed E-state index contributed by atoms with van der Waals surface area (Å²) in [5.74, 6) is 2.73. The number of rotatable bonds is 7. The highest BCUT2D eigenvalue weighted by molar-refractivity contribution is 9.10. The normalized spacial score (nSPS) is 9.74. The standard InChI is InChI=1S/C14H17BrN2O2/c1-3-7-17-14(18)10-19-13-6-5-11(8-12(13)15)9-16-4-2/h1,5-6,8,16H,4,7,9-10H2,2H3,(H,17,18). The largest absolute Gasteiger partial charge is 0.483 e. The first-order valence-electron chi connectivity index (χ1n) is 5.99. The van der Waals surface area contributed by atoms with E-state index < -0.39 is 0 Å². The quantitative estimate of drug-likeness (QED) is 0.750. The third-order valence-corrected chi connectivity index (χ3v) is 2.94. The monoisotopic (exact) mass is 324 g/mol. The van der Waals surface area contributed by atoms with E-state index in [4.69, 9.17) is 11.2 Å². The van der Waals surface area contributed by atoms with Gasteiger partial charge in [-0.3, -0.25) is 4.79 Å². The highest BCUT2D eigenvalue weighted by atomic mass is 79.9. The van der Waals surface area contributed by atoms with Gasteiger partial charge < -0.3 is 15.4 Å². The second-order valence-corrected chi connectivity index (χ2v) is 4.67. The number of nitrogens with one attached hydrogen (secondary N) is 2. The Morgan fingerprint density at radius 2 is 2.32 bits per heavy atom. The lowest BCUT2D eigenvalue weighted by Gasteiger charge is -2.09. The smallest absolute Gasteiger partial charge is 0.258 e. The number of carbonyl (C=O) groups is 1. The summed E-state index contributed by atoms with van der Waals surface area (Å²) >= 11 is 3.42. The molecule has 102 valence electrons. The molecule has 0 unspecified atom stereocenters. The van der Waals surface area contributed by atoms with E-state index in [-0.39, 0.29) is 19.1 Å². The molecule has 0 radical (unpaired) electrons. The lowest BCUT2D eigenvalue weighted by atomic mass is 10.2. The van der Waals surface area contributed by atoms with Crippen LogP contribution in [0.1, 0.15) is 12.5 Å². The van der Waals surface area contributed by atoms with Gasteiger partial charge in [-0.05, 0) is 40.2 Å². The minimum atomic E-state index is -0.235. The van der Waals surface area contributed by atoms with Gasteiger partial charge in [0, 0.05) is 6.54 Å². The highest BCUT2D eigenvalue weighted by Gasteiger charge is 2.05. The zero-order valence-corrected chi connectivity index (χ0v) is 12.4. The van der Waals surface area contributed by atoms with Crippen molar-refractivity contribution in [3.05, 3.63) is 28.2 Å². The number of halogens is 1. The van der Waals surface area contributed by atoms with Gasteiger partial charge in [0.25, 0.3) is 5.91 Å². The molecule has 0 spiro atoms. The second-order valence-electron chi connectivity index (χ2n) is 3.81. The fraction of sp³-hybridized carbons (Fsp3) is 0.357. The van der Waals surface area contributed by atoms with Crippen molar-refractivity contribution in [3.63, 3.8) is 0 Å². The molecule has 0 atom stereocenters. The molecule has 2 N–H and O–H groups in total. The molecule has 5 heteroatoms. The molecule has 0 fully saturated rings. The molecule has 4 nitrogen and oxygen atoms in total. The average molecular weight is 325 g/mol. The van der Waals surface area contributed by atoms with Crippen LogP contribution in [0.5, 0.6) is 5.75 Å². The molecule has 1 rings (SSSR count). The number of hydrogen-bond donors (Lipinski definition) is 2. The van der Waals surface area contributed by atoms with Crippen molar-refractivity contribution in [1.82, 2.24) is 10.6 Å². The molecular weight excluding hydrogens is 308 g/mol. The Hall–Kier alpha value is -1.51. The van der Waals surface area contributed by atoms with Crippen LogP contribution in [0.3, 0.4) is 0 Å². The van der Waals surface area contributed by atoms with Crippen LogP contribution in [-0.2, 0) is 11.3 Å².